The van der Waals surface area contributed by atoms with Gasteiger partial charge in [-0.2, -0.15) is 0 Å². The Morgan fingerprint density at radius 2 is 1.56 bits per heavy atom. The van der Waals surface area contributed by atoms with Gasteiger partial charge in [0.2, 0.25) is 0 Å². The van der Waals surface area contributed by atoms with Crippen LogP contribution in [0.25, 0.3) is 0 Å². The highest BCUT2D eigenvalue weighted by molar-refractivity contribution is 8.79. The SMILES string of the molecule is COC(=O)c1ccc(OCC2=CC=C(CO[Si](C)(C)C(C)(C)C)SS2)cc1. The van der Waals surface area contributed by atoms with Crippen LogP contribution in [0.3, 0.4) is 0 Å². The van der Waals surface area contributed by atoms with Crippen LogP contribution < -0.4 is 4.74 Å². The molecular weight excluding hydrogens is 396 g/mol. The summed E-state index contributed by atoms with van der Waals surface area (Å²) in [5, 5.41) is 0.221. The number of carbonyl (C=O) groups is 1. The monoisotopic (exact) mass is 424 g/mol. The molecule has 0 aliphatic carbocycles. The van der Waals surface area contributed by atoms with Crippen molar-refractivity contribution >= 4 is 35.9 Å². The van der Waals surface area contributed by atoms with E-state index in [-0.39, 0.29) is 11.0 Å². The van der Waals surface area contributed by atoms with Crippen LogP contribution >= 0.6 is 21.6 Å². The summed E-state index contributed by atoms with van der Waals surface area (Å²) in [6.45, 7) is 12.5. The highest BCUT2D eigenvalue weighted by Gasteiger charge is 2.37. The van der Waals surface area contributed by atoms with Gasteiger partial charge in [0.1, 0.15) is 12.4 Å². The van der Waals surface area contributed by atoms with E-state index in [1.54, 1.807) is 45.9 Å². The van der Waals surface area contributed by atoms with E-state index in [2.05, 4.69) is 46.0 Å². The van der Waals surface area contributed by atoms with Gasteiger partial charge in [0, 0.05) is 9.81 Å². The van der Waals surface area contributed by atoms with Gasteiger partial charge in [-0.3, -0.25) is 0 Å². The maximum Gasteiger partial charge on any atom is 0.337 e. The van der Waals surface area contributed by atoms with Crippen molar-refractivity contribution in [1.29, 1.82) is 0 Å². The van der Waals surface area contributed by atoms with Crippen LogP contribution in [-0.2, 0) is 9.16 Å². The molecule has 1 aliphatic rings. The smallest absolute Gasteiger partial charge is 0.337 e. The number of esters is 1. The minimum Gasteiger partial charge on any atom is -0.488 e. The van der Waals surface area contributed by atoms with Crippen molar-refractivity contribution in [3.63, 3.8) is 0 Å². The second-order valence-electron chi connectivity index (χ2n) is 7.79. The third-order valence-electron chi connectivity index (χ3n) is 4.75. The largest absolute Gasteiger partial charge is 0.488 e. The van der Waals surface area contributed by atoms with Gasteiger partial charge in [0.25, 0.3) is 0 Å². The Kier molecular flexibility index (Phi) is 7.68. The first-order chi connectivity index (χ1) is 12.6. The summed E-state index contributed by atoms with van der Waals surface area (Å²) in [6.07, 6.45) is 4.21. The molecule has 0 unspecified atom stereocenters. The quantitative estimate of drug-likeness (QED) is 0.302. The van der Waals surface area contributed by atoms with Crippen LogP contribution in [0.1, 0.15) is 31.1 Å². The van der Waals surface area contributed by atoms with Gasteiger partial charge in [0.05, 0.1) is 19.3 Å². The average Bonchev–Trinajstić information content (AvgIpc) is 2.64. The van der Waals surface area contributed by atoms with Crippen LogP contribution in [0.5, 0.6) is 5.75 Å². The zero-order chi connectivity index (χ0) is 20.1. The maximum absolute atomic E-state index is 11.4. The lowest BCUT2D eigenvalue weighted by Gasteiger charge is -2.36. The van der Waals surface area contributed by atoms with Gasteiger partial charge in [-0.1, -0.05) is 42.4 Å². The molecule has 148 valence electrons. The van der Waals surface area contributed by atoms with Crippen LogP contribution in [0, 0.1) is 0 Å². The van der Waals surface area contributed by atoms with Gasteiger partial charge in [-0.25, -0.2) is 4.79 Å². The van der Waals surface area contributed by atoms with E-state index in [0.717, 1.165) is 10.7 Å². The molecule has 2 rings (SSSR count). The molecule has 7 heteroatoms. The molecule has 0 atom stereocenters. The molecule has 0 N–H and O–H groups in total. The molecule has 27 heavy (non-hydrogen) atoms. The second-order valence-corrected chi connectivity index (χ2v) is 15.0. The number of carbonyl (C=O) groups excluding carboxylic acids is 1. The van der Waals surface area contributed by atoms with E-state index in [1.165, 1.54) is 12.0 Å². The Hall–Kier alpha value is -1.15. The van der Waals surface area contributed by atoms with Gasteiger partial charge in [0.15, 0.2) is 8.32 Å². The van der Waals surface area contributed by atoms with Gasteiger partial charge >= 0.3 is 5.97 Å². The topological polar surface area (TPSA) is 44.8 Å². The van der Waals surface area contributed by atoms with Crippen LogP contribution in [0.2, 0.25) is 18.1 Å². The van der Waals surface area contributed by atoms with Crippen molar-refractivity contribution in [2.45, 2.75) is 38.9 Å². The minimum absolute atomic E-state index is 0.221. The van der Waals surface area contributed by atoms with Crippen molar-refractivity contribution in [2.75, 3.05) is 20.3 Å². The third-order valence-corrected chi connectivity index (χ3v) is 11.8. The van der Waals surface area contributed by atoms with Gasteiger partial charge in [-0.05, 0) is 54.5 Å². The Balaban J connectivity index is 1.85. The van der Waals surface area contributed by atoms with Crippen molar-refractivity contribution < 1.29 is 18.7 Å². The third kappa shape index (κ3) is 6.45. The Morgan fingerprint density at radius 1 is 1.00 bits per heavy atom. The number of methoxy groups -OCH3 is 1. The molecule has 0 fully saturated rings. The van der Waals surface area contributed by atoms with Gasteiger partial charge < -0.3 is 13.9 Å². The number of rotatable bonds is 7. The molecule has 0 saturated carbocycles. The summed E-state index contributed by atoms with van der Waals surface area (Å²) in [5.41, 5.74) is 0.515. The molecule has 0 aromatic heterocycles. The summed E-state index contributed by atoms with van der Waals surface area (Å²) in [5.74, 6) is 0.381. The fraction of sp³-hybridized carbons (Fsp3) is 0.450. The fourth-order valence-electron chi connectivity index (χ4n) is 1.92. The molecule has 1 aliphatic heterocycles. The predicted molar refractivity (Wildman–Crippen MR) is 118 cm³/mol. The lowest BCUT2D eigenvalue weighted by molar-refractivity contribution is 0.0600. The summed E-state index contributed by atoms with van der Waals surface area (Å²) in [4.78, 5) is 13.8. The molecule has 1 aromatic rings. The minimum atomic E-state index is -1.72. The highest BCUT2D eigenvalue weighted by atomic mass is 33.1. The molecule has 0 amide bonds. The molecule has 4 nitrogen and oxygen atoms in total. The Bertz CT molecular complexity index is 718. The van der Waals surface area contributed by atoms with E-state index in [1.807, 2.05) is 0 Å². The van der Waals surface area contributed by atoms with E-state index < -0.39 is 8.32 Å². The standard InChI is InChI=1S/C20H28O4S2Si/c1-20(2,3)27(5,6)24-14-18-12-11-17(25-26-18)13-23-16-9-7-15(8-10-16)19(21)22-4/h7-12H,13-14H2,1-6H3. The van der Waals surface area contributed by atoms with Crippen LogP contribution in [0.15, 0.2) is 46.2 Å². The van der Waals surface area contributed by atoms with Crippen molar-refractivity contribution in [2.24, 2.45) is 0 Å². The normalized spacial score (nSPS) is 15.0. The first kappa shape index (κ1) is 22.1. The number of ether oxygens (including phenoxy) is 2. The van der Waals surface area contributed by atoms with Crippen LogP contribution in [0.4, 0.5) is 0 Å². The Labute approximate surface area is 171 Å². The van der Waals surface area contributed by atoms with Crippen molar-refractivity contribution in [1.82, 2.24) is 0 Å². The summed E-state index contributed by atoms with van der Waals surface area (Å²) >= 11 is 0. The van der Waals surface area contributed by atoms with E-state index >= 15 is 0 Å². The molecule has 0 bridgehead atoms. The number of benzene rings is 1. The molecule has 1 heterocycles. The average molecular weight is 425 g/mol. The highest BCUT2D eigenvalue weighted by Crippen LogP contribution is 2.42. The number of hydrogen-bond acceptors (Lipinski definition) is 6. The zero-order valence-corrected chi connectivity index (χ0v) is 19.5. The summed E-state index contributed by atoms with van der Waals surface area (Å²) in [6, 6.07) is 6.96. The van der Waals surface area contributed by atoms with Crippen molar-refractivity contribution in [3.8, 4) is 5.75 Å². The lowest BCUT2D eigenvalue weighted by Crippen LogP contribution is -2.41. The van der Waals surface area contributed by atoms with Crippen molar-refractivity contribution in [3.05, 3.63) is 51.8 Å². The lowest BCUT2D eigenvalue weighted by atomic mass is 10.2. The molecule has 0 spiro atoms. The first-order valence-electron chi connectivity index (χ1n) is 8.82. The second kappa shape index (κ2) is 9.36. The van der Waals surface area contributed by atoms with Gasteiger partial charge in [-0.15, -0.1) is 0 Å². The van der Waals surface area contributed by atoms with E-state index in [0.29, 0.717) is 18.8 Å². The summed E-state index contributed by atoms with van der Waals surface area (Å²) < 4.78 is 16.8. The number of hydrogen-bond donors (Lipinski definition) is 0. The van der Waals surface area contributed by atoms with E-state index in [9.17, 15) is 4.79 Å². The molecule has 0 saturated heterocycles. The zero-order valence-electron chi connectivity index (χ0n) is 16.8. The van der Waals surface area contributed by atoms with E-state index in [4.69, 9.17) is 13.9 Å². The maximum atomic E-state index is 11.4. The molecular formula is C20H28O4S2Si. The molecule has 0 radical (unpaired) electrons. The predicted octanol–water partition coefficient (Wildman–Crippen LogP) is 6.04. The Morgan fingerprint density at radius 3 is 2.04 bits per heavy atom. The summed E-state index contributed by atoms with van der Waals surface area (Å²) in [7, 11) is 3.09. The first-order valence-corrected chi connectivity index (χ1v) is 13.9. The molecule has 1 aromatic carbocycles. The van der Waals surface area contributed by atoms with Crippen LogP contribution in [-0.4, -0.2) is 34.6 Å². The number of allylic oxidation sites excluding steroid dienone is 2. The fourth-order valence-corrected chi connectivity index (χ4v) is 4.91.